The number of ether oxygens (including phenoxy) is 1. The highest BCUT2D eigenvalue weighted by Crippen LogP contribution is 2.73. The van der Waals surface area contributed by atoms with Crippen molar-refractivity contribution in [2.45, 2.75) is 96.7 Å². The Morgan fingerprint density at radius 3 is 2.22 bits per heavy atom. The van der Waals surface area contributed by atoms with Gasteiger partial charge in [-0.25, -0.2) is 0 Å². The molecule has 0 N–H and O–H groups in total. The van der Waals surface area contributed by atoms with Crippen molar-refractivity contribution >= 4 is 5.57 Å². The predicted octanol–water partition coefficient (Wildman–Crippen LogP) is 9.32. The number of allylic oxidation sites excluding steroid dienone is 1. The van der Waals surface area contributed by atoms with E-state index in [9.17, 15) is 0 Å². The summed E-state index contributed by atoms with van der Waals surface area (Å²) >= 11 is 0. The van der Waals surface area contributed by atoms with Crippen LogP contribution in [0.4, 0.5) is 0 Å². The van der Waals surface area contributed by atoms with E-state index in [0.29, 0.717) is 22.9 Å². The SMILES string of the molecule is CC(CC=C(c1ccccc1)c1ccccc1)C1CCC2C3CCC4CC5CC[C@]4(C)[C@]3(CC[C@]12C)O5. The van der Waals surface area contributed by atoms with Crippen LogP contribution in [0, 0.1) is 40.4 Å². The third-order valence-electron chi connectivity index (χ3n) is 12.8. The zero-order valence-electron chi connectivity index (χ0n) is 23.3. The Bertz CT molecular complexity index is 1110. The first kappa shape index (κ1) is 24.2. The van der Waals surface area contributed by atoms with Gasteiger partial charge in [-0.2, -0.15) is 0 Å². The van der Waals surface area contributed by atoms with Gasteiger partial charge in [0.25, 0.3) is 0 Å². The van der Waals surface area contributed by atoms with Crippen molar-refractivity contribution in [3.05, 3.63) is 77.9 Å². The highest BCUT2D eigenvalue weighted by atomic mass is 16.5. The zero-order valence-corrected chi connectivity index (χ0v) is 23.3. The van der Waals surface area contributed by atoms with Crippen molar-refractivity contribution in [3.8, 4) is 0 Å². The Hall–Kier alpha value is -1.86. The molecular formula is C36H46O. The summed E-state index contributed by atoms with van der Waals surface area (Å²) in [6.07, 6.45) is 16.8. The van der Waals surface area contributed by atoms with Crippen LogP contribution in [-0.4, -0.2) is 11.7 Å². The summed E-state index contributed by atoms with van der Waals surface area (Å²) in [6, 6.07) is 22.0. The average Bonchev–Trinajstić information content (AvgIpc) is 3.27. The Labute approximate surface area is 225 Å². The molecule has 4 aliphatic carbocycles. The molecule has 0 aromatic heterocycles. The molecule has 0 amide bonds. The molecule has 1 heteroatoms. The van der Waals surface area contributed by atoms with Crippen LogP contribution in [0.5, 0.6) is 0 Å². The lowest BCUT2D eigenvalue weighted by Gasteiger charge is -2.71. The van der Waals surface area contributed by atoms with Crippen molar-refractivity contribution in [3.63, 3.8) is 0 Å². The molecule has 1 nitrogen and oxygen atoms in total. The molecule has 6 fully saturated rings. The zero-order chi connectivity index (χ0) is 25.3. The van der Waals surface area contributed by atoms with Gasteiger partial charge in [0.1, 0.15) is 0 Å². The predicted molar refractivity (Wildman–Crippen MR) is 153 cm³/mol. The van der Waals surface area contributed by atoms with Gasteiger partial charge in [0, 0.05) is 0 Å². The van der Waals surface area contributed by atoms with E-state index in [2.05, 4.69) is 87.5 Å². The van der Waals surface area contributed by atoms with Crippen LogP contribution in [-0.2, 0) is 4.74 Å². The van der Waals surface area contributed by atoms with Gasteiger partial charge in [-0.3, -0.25) is 0 Å². The van der Waals surface area contributed by atoms with E-state index in [0.717, 1.165) is 23.7 Å². The maximum absolute atomic E-state index is 7.17. The number of hydrogen-bond donors (Lipinski definition) is 0. The number of benzene rings is 2. The monoisotopic (exact) mass is 494 g/mol. The lowest BCUT2D eigenvalue weighted by Crippen LogP contribution is -2.71. The quantitative estimate of drug-likeness (QED) is 0.402. The van der Waals surface area contributed by atoms with Gasteiger partial charge in [0.15, 0.2) is 0 Å². The first-order valence-corrected chi connectivity index (χ1v) is 15.4. The van der Waals surface area contributed by atoms with Crippen LogP contribution in [0.15, 0.2) is 66.7 Å². The minimum Gasteiger partial charge on any atom is -0.371 e. The summed E-state index contributed by atoms with van der Waals surface area (Å²) in [6.45, 7) is 7.91. The summed E-state index contributed by atoms with van der Waals surface area (Å²) in [5.41, 5.74) is 5.20. The highest BCUT2D eigenvalue weighted by molar-refractivity contribution is 5.79. The van der Waals surface area contributed by atoms with Gasteiger partial charge in [-0.15, -0.1) is 0 Å². The van der Waals surface area contributed by atoms with Gasteiger partial charge in [0.05, 0.1) is 11.7 Å². The Morgan fingerprint density at radius 2 is 1.51 bits per heavy atom. The molecule has 1 spiro atoms. The fraction of sp³-hybridized carbons (Fsp3) is 0.611. The minimum absolute atomic E-state index is 0.201. The molecule has 9 atom stereocenters. The third-order valence-corrected chi connectivity index (χ3v) is 12.8. The molecule has 2 aliphatic heterocycles. The van der Waals surface area contributed by atoms with E-state index in [4.69, 9.17) is 4.74 Å². The third kappa shape index (κ3) is 3.52. The van der Waals surface area contributed by atoms with Crippen LogP contribution in [0.25, 0.3) is 5.57 Å². The van der Waals surface area contributed by atoms with Crippen LogP contribution in [0.3, 0.4) is 0 Å². The molecule has 2 heterocycles. The van der Waals surface area contributed by atoms with Crippen molar-refractivity contribution < 1.29 is 4.74 Å². The summed E-state index contributed by atoms with van der Waals surface area (Å²) in [4.78, 5) is 0. The van der Waals surface area contributed by atoms with Crippen LogP contribution < -0.4 is 0 Å². The fourth-order valence-electron chi connectivity index (χ4n) is 10.9. The summed E-state index contributed by atoms with van der Waals surface area (Å²) in [7, 11) is 0. The second kappa shape index (κ2) is 8.84. The van der Waals surface area contributed by atoms with Gasteiger partial charge < -0.3 is 4.74 Å². The molecule has 196 valence electrons. The molecule has 0 radical (unpaired) electrons. The molecule has 2 aromatic carbocycles. The van der Waals surface area contributed by atoms with Crippen molar-refractivity contribution in [1.82, 2.24) is 0 Å². The van der Waals surface area contributed by atoms with Crippen LogP contribution in [0.2, 0.25) is 0 Å². The average molecular weight is 495 g/mol. The maximum Gasteiger partial charge on any atom is 0.0773 e. The van der Waals surface area contributed by atoms with E-state index in [1.807, 2.05) is 0 Å². The Morgan fingerprint density at radius 1 is 0.838 bits per heavy atom. The minimum atomic E-state index is 0.201. The second-order valence-electron chi connectivity index (χ2n) is 14.1. The molecule has 6 aliphatic rings. The normalized spacial score (nSPS) is 42.5. The summed E-state index contributed by atoms with van der Waals surface area (Å²) in [5.74, 6) is 4.12. The van der Waals surface area contributed by atoms with E-state index >= 15 is 0 Å². The Balaban J connectivity index is 1.15. The van der Waals surface area contributed by atoms with Gasteiger partial charge in [0.2, 0.25) is 0 Å². The maximum atomic E-state index is 7.17. The number of rotatable bonds is 5. The number of hydrogen-bond acceptors (Lipinski definition) is 1. The van der Waals surface area contributed by atoms with Crippen LogP contribution in [0.1, 0.15) is 96.1 Å². The smallest absolute Gasteiger partial charge is 0.0773 e. The summed E-state index contributed by atoms with van der Waals surface area (Å²) < 4.78 is 7.17. The molecule has 6 unspecified atom stereocenters. The molecule has 2 aromatic rings. The van der Waals surface area contributed by atoms with Crippen molar-refractivity contribution in [2.75, 3.05) is 0 Å². The van der Waals surface area contributed by atoms with E-state index in [1.165, 1.54) is 80.9 Å². The van der Waals surface area contributed by atoms with E-state index in [1.54, 1.807) is 0 Å². The second-order valence-corrected chi connectivity index (χ2v) is 14.1. The lowest BCUT2D eigenvalue weighted by molar-refractivity contribution is -0.330. The molecule has 4 saturated carbocycles. The fourth-order valence-corrected chi connectivity index (χ4v) is 10.9. The standard InChI is InChI=1S/C36H46O/c1-25(14-16-30(26-10-6-4-7-11-26)27-12-8-5-9-13-27)31-18-19-32-33-17-15-28-24-29-20-21-35(28,3)36(33,37-29)23-22-34(31,32)2/h4-13,16,25,28-29,31-33H,14-15,17-24H2,1-3H3/t25?,28?,29?,31?,32?,33?,34-,35+,36-/m1/s1. The Kier molecular flexibility index (Phi) is 5.78. The van der Waals surface area contributed by atoms with Crippen molar-refractivity contribution in [2.24, 2.45) is 40.4 Å². The van der Waals surface area contributed by atoms with Crippen LogP contribution >= 0.6 is 0 Å². The van der Waals surface area contributed by atoms with Gasteiger partial charge in [-0.1, -0.05) is 87.5 Å². The first-order chi connectivity index (χ1) is 17.9. The van der Waals surface area contributed by atoms with E-state index in [-0.39, 0.29) is 5.60 Å². The first-order valence-electron chi connectivity index (χ1n) is 15.4. The van der Waals surface area contributed by atoms with Crippen molar-refractivity contribution in [1.29, 1.82) is 0 Å². The molecule has 2 saturated heterocycles. The van der Waals surface area contributed by atoms with Gasteiger partial charge in [-0.05, 0) is 121 Å². The molecule has 4 bridgehead atoms. The van der Waals surface area contributed by atoms with Gasteiger partial charge >= 0.3 is 0 Å². The summed E-state index contributed by atoms with van der Waals surface area (Å²) in [5, 5.41) is 0. The lowest BCUT2D eigenvalue weighted by atomic mass is 9.40. The number of fused-ring (bicyclic) bond motifs is 3. The molecular weight excluding hydrogens is 448 g/mol. The molecule has 8 rings (SSSR count). The highest BCUT2D eigenvalue weighted by Gasteiger charge is 2.71. The largest absolute Gasteiger partial charge is 0.371 e. The topological polar surface area (TPSA) is 9.23 Å². The molecule has 37 heavy (non-hydrogen) atoms. The van der Waals surface area contributed by atoms with E-state index < -0.39 is 0 Å².